The molecule has 0 unspecified atom stereocenters. The molecule has 0 spiro atoms. The van der Waals surface area contributed by atoms with Crippen molar-refractivity contribution >= 4 is 0 Å². The molecular weight excluding hydrogens is 180 g/mol. The van der Waals surface area contributed by atoms with Crippen LogP contribution in [0.4, 0.5) is 0 Å². The number of rotatable bonds is 10. The third-order valence-corrected chi connectivity index (χ3v) is 2.42. The van der Waals surface area contributed by atoms with Crippen LogP contribution in [-0.4, -0.2) is 0 Å². The van der Waals surface area contributed by atoms with Crippen molar-refractivity contribution < 1.29 is 0 Å². The van der Waals surface area contributed by atoms with Crippen LogP contribution in [0.3, 0.4) is 0 Å². The molecule has 0 rings (SSSR count). The van der Waals surface area contributed by atoms with Gasteiger partial charge in [0.1, 0.15) is 0 Å². The molecule has 0 atom stereocenters. The molecule has 0 aromatic carbocycles. The maximum atomic E-state index is 5.27. The first-order valence-corrected chi connectivity index (χ1v) is 6.21. The van der Waals surface area contributed by atoms with Crippen molar-refractivity contribution in [2.24, 2.45) is 0 Å². The molecule has 0 aliphatic rings. The van der Waals surface area contributed by atoms with Gasteiger partial charge in [-0.2, -0.15) is 0 Å². The lowest BCUT2D eigenvalue weighted by molar-refractivity contribution is 0.621. The lowest BCUT2D eigenvalue weighted by atomic mass is 10.1. The SMILES string of the molecule is [CH]=CCC=CCCCCCCCC=CC. The molecule has 0 N–H and O–H groups in total. The van der Waals surface area contributed by atoms with E-state index in [0.717, 1.165) is 6.42 Å². The van der Waals surface area contributed by atoms with Gasteiger partial charge in [-0.05, 0) is 39.0 Å². The zero-order valence-electron chi connectivity index (χ0n) is 10.1. The van der Waals surface area contributed by atoms with Crippen molar-refractivity contribution in [3.63, 3.8) is 0 Å². The Bertz CT molecular complexity index is 174. The number of unbranched alkanes of at least 4 members (excludes halogenated alkanes) is 6. The maximum absolute atomic E-state index is 5.27. The minimum absolute atomic E-state index is 0.906. The number of hydrogen-bond acceptors (Lipinski definition) is 0. The molecule has 0 aromatic rings. The summed E-state index contributed by atoms with van der Waals surface area (Å²) in [5.74, 6) is 0. The molecule has 0 heterocycles. The summed E-state index contributed by atoms with van der Waals surface area (Å²) in [5.41, 5.74) is 0. The molecule has 0 heteroatoms. The highest BCUT2D eigenvalue weighted by Gasteiger charge is 1.88. The van der Waals surface area contributed by atoms with Crippen LogP contribution >= 0.6 is 0 Å². The summed E-state index contributed by atoms with van der Waals surface area (Å²) in [6.45, 7) is 7.36. The molecule has 15 heavy (non-hydrogen) atoms. The van der Waals surface area contributed by atoms with Gasteiger partial charge in [-0.1, -0.05) is 56.2 Å². The first-order chi connectivity index (χ1) is 7.41. The summed E-state index contributed by atoms with van der Waals surface area (Å²) in [6.07, 6.45) is 20.6. The Morgan fingerprint density at radius 3 is 2.00 bits per heavy atom. The fraction of sp³-hybridized carbons (Fsp3) is 0.600. The van der Waals surface area contributed by atoms with E-state index < -0.39 is 0 Å². The molecule has 0 aliphatic heterocycles. The van der Waals surface area contributed by atoms with E-state index in [1.54, 1.807) is 6.08 Å². The average Bonchev–Trinajstić information content (AvgIpc) is 2.26. The summed E-state index contributed by atoms with van der Waals surface area (Å²) >= 11 is 0. The second-order valence-corrected chi connectivity index (χ2v) is 3.86. The zero-order chi connectivity index (χ0) is 11.2. The summed E-state index contributed by atoms with van der Waals surface area (Å²) in [5, 5.41) is 0. The van der Waals surface area contributed by atoms with Gasteiger partial charge in [0.25, 0.3) is 0 Å². The average molecular weight is 205 g/mol. The molecule has 0 saturated carbocycles. The molecule has 0 bridgehead atoms. The van der Waals surface area contributed by atoms with E-state index >= 15 is 0 Å². The van der Waals surface area contributed by atoms with Crippen molar-refractivity contribution in [3.05, 3.63) is 37.0 Å². The lowest BCUT2D eigenvalue weighted by Gasteiger charge is -1.97. The Hall–Kier alpha value is -0.780. The number of hydrogen-bond donors (Lipinski definition) is 0. The summed E-state index contributed by atoms with van der Waals surface area (Å²) in [6, 6.07) is 0. The van der Waals surface area contributed by atoms with Crippen LogP contribution in [0.2, 0.25) is 0 Å². The van der Waals surface area contributed by atoms with Crippen LogP contribution in [0.5, 0.6) is 0 Å². The van der Waals surface area contributed by atoms with Crippen molar-refractivity contribution in [2.45, 2.75) is 58.3 Å². The highest BCUT2D eigenvalue weighted by molar-refractivity contribution is 4.87. The Morgan fingerprint density at radius 1 is 0.800 bits per heavy atom. The predicted octanol–water partition coefficient (Wildman–Crippen LogP) is 5.23. The molecule has 0 aromatic heterocycles. The van der Waals surface area contributed by atoms with Crippen LogP contribution in [0, 0.1) is 6.58 Å². The molecule has 1 radical (unpaired) electrons. The van der Waals surface area contributed by atoms with Crippen LogP contribution in [-0.2, 0) is 0 Å². The topological polar surface area (TPSA) is 0 Å². The van der Waals surface area contributed by atoms with Gasteiger partial charge in [-0.3, -0.25) is 0 Å². The zero-order valence-corrected chi connectivity index (χ0v) is 10.1. The van der Waals surface area contributed by atoms with Crippen molar-refractivity contribution in [1.82, 2.24) is 0 Å². The molecule has 0 saturated heterocycles. The van der Waals surface area contributed by atoms with Gasteiger partial charge in [0.05, 0.1) is 0 Å². The minimum Gasteiger partial charge on any atom is -0.0917 e. The van der Waals surface area contributed by atoms with E-state index in [0.29, 0.717) is 0 Å². The van der Waals surface area contributed by atoms with Gasteiger partial charge in [0, 0.05) is 0 Å². The Balaban J connectivity index is 3.01. The van der Waals surface area contributed by atoms with Crippen molar-refractivity contribution in [1.29, 1.82) is 0 Å². The Morgan fingerprint density at radius 2 is 1.40 bits per heavy atom. The molecule has 0 aliphatic carbocycles. The van der Waals surface area contributed by atoms with Gasteiger partial charge in [0.2, 0.25) is 0 Å². The van der Waals surface area contributed by atoms with E-state index in [2.05, 4.69) is 31.2 Å². The molecular formula is C15H25. The fourth-order valence-electron chi connectivity index (χ4n) is 1.51. The van der Waals surface area contributed by atoms with Crippen molar-refractivity contribution in [2.75, 3.05) is 0 Å². The Labute approximate surface area is 95.8 Å². The van der Waals surface area contributed by atoms with Gasteiger partial charge >= 0.3 is 0 Å². The van der Waals surface area contributed by atoms with Crippen molar-refractivity contribution in [3.8, 4) is 0 Å². The molecule has 85 valence electrons. The fourth-order valence-corrected chi connectivity index (χ4v) is 1.51. The second-order valence-electron chi connectivity index (χ2n) is 3.86. The van der Waals surface area contributed by atoms with Gasteiger partial charge < -0.3 is 0 Å². The largest absolute Gasteiger partial charge is 0.0917 e. The van der Waals surface area contributed by atoms with Crippen LogP contribution in [0.1, 0.15) is 58.3 Å². The van der Waals surface area contributed by atoms with Crippen LogP contribution in [0.15, 0.2) is 30.4 Å². The van der Waals surface area contributed by atoms with Gasteiger partial charge in [-0.25, -0.2) is 0 Å². The quantitative estimate of drug-likeness (QED) is 0.338. The highest BCUT2D eigenvalue weighted by atomic mass is 13.9. The van der Waals surface area contributed by atoms with Gasteiger partial charge in [0.15, 0.2) is 0 Å². The molecule has 0 nitrogen and oxygen atoms in total. The lowest BCUT2D eigenvalue weighted by Crippen LogP contribution is -1.78. The van der Waals surface area contributed by atoms with E-state index in [9.17, 15) is 0 Å². The summed E-state index contributed by atoms with van der Waals surface area (Å²) in [7, 11) is 0. The highest BCUT2D eigenvalue weighted by Crippen LogP contribution is 2.08. The number of allylic oxidation sites excluding steroid dienone is 5. The van der Waals surface area contributed by atoms with E-state index in [1.807, 2.05) is 0 Å². The third kappa shape index (κ3) is 13.2. The second kappa shape index (κ2) is 13.2. The van der Waals surface area contributed by atoms with Gasteiger partial charge in [-0.15, -0.1) is 0 Å². The standard InChI is InChI=1S/C15H25/c1-3-5-7-9-11-13-15-14-12-10-8-6-4-2/h1,3-4,6-7,9H,5,8,10-15H2,2H3. The van der Waals surface area contributed by atoms with Crippen LogP contribution in [0.25, 0.3) is 0 Å². The first kappa shape index (κ1) is 14.2. The summed E-state index contributed by atoms with van der Waals surface area (Å²) < 4.78 is 0. The predicted molar refractivity (Wildman–Crippen MR) is 69.8 cm³/mol. The maximum Gasteiger partial charge on any atom is -0.0166 e. The third-order valence-electron chi connectivity index (χ3n) is 2.42. The monoisotopic (exact) mass is 205 g/mol. The first-order valence-electron chi connectivity index (χ1n) is 6.21. The minimum atomic E-state index is 0.906. The molecule has 0 amide bonds. The summed E-state index contributed by atoms with van der Waals surface area (Å²) in [4.78, 5) is 0. The van der Waals surface area contributed by atoms with E-state index in [4.69, 9.17) is 6.58 Å². The smallest absolute Gasteiger partial charge is 0.0166 e. The van der Waals surface area contributed by atoms with E-state index in [1.165, 1.54) is 44.9 Å². The molecule has 0 fully saturated rings. The normalized spacial score (nSPS) is 11.5. The van der Waals surface area contributed by atoms with Crippen LogP contribution < -0.4 is 0 Å². The Kier molecular flexibility index (Phi) is 12.5. The van der Waals surface area contributed by atoms with E-state index in [-0.39, 0.29) is 0 Å².